The second-order valence-electron chi connectivity index (χ2n) is 12.0. The van der Waals surface area contributed by atoms with E-state index in [2.05, 4.69) is 120 Å². The second kappa shape index (κ2) is 10.7. The fraction of sp³-hybridized carbons (Fsp3) is 0. The third-order valence-electron chi connectivity index (χ3n) is 9.11. The van der Waals surface area contributed by atoms with Crippen molar-refractivity contribution < 1.29 is 8.83 Å². The maximum atomic E-state index is 6.34. The minimum Gasteiger partial charge on any atom is -0.456 e. The molecule has 0 radical (unpaired) electrons. The molecular formula is C43H26N2O2S. The Morgan fingerprint density at radius 2 is 1.17 bits per heavy atom. The van der Waals surface area contributed by atoms with Gasteiger partial charge in [-0.25, -0.2) is 4.98 Å². The van der Waals surface area contributed by atoms with Crippen molar-refractivity contribution in [1.29, 1.82) is 0 Å². The lowest BCUT2D eigenvalue weighted by molar-refractivity contribution is 0.619. The van der Waals surface area contributed by atoms with Crippen LogP contribution in [0.15, 0.2) is 167 Å². The summed E-state index contributed by atoms with van der Waals surface area (Å²) in [6, 6.07) is 55.0. The highest BCUT2D eigenvalue weighted by Crippen LogP contribution is 2.43. The molecule has 3 heterocycles. The highest BCUT2D eigenvalue weighted by molar-refractivity contribution is 7.26. The van der Waals surface area contributed by atoms with Crippen LogP contribution in [0.3, 0.4) is 0 Å². The first-order chi connectivity index (χ1) is 23.8. The molecule has 3 aromatic heterocycles. The monoisotopic (exact) mass is 634 g/mol. The number of aromatic nitrogens is 1. The van der Waals surface area contributed by atoms with E-state index >= 15 is 0 Å². The van der Waals surface area contributed by atoms with Gasteiger partial charge in [0.25, 0.3) is 0 Å². The second-order valence-corrected chi connectivity index (χ2v) is 13.0. The minimum atomic E-state index is 0.598. The average Bonchev–Trinajstić information content (AvgIpc) is 3.86. The molecule has 5 heteroatoms. The largest absolute Gasteiger partial charge is 0.456 e. The quantitative estimate of drug-likeness (QED) is 0.189. The van der Waals surface area contributed by atoms with Crippen LogP contribution in [0.5, 0.6) is 0 Å². The van der Waals surface area contributed by atoms with Gasteiger partial charge in [-0.15, -0.1) is 11.3 Å². The van der Waals surface area contributed by atoms with Crippen LogP contribution in [-0.2, 0) is 0 Å². The lowest BCUT2D eigenvalue weighted by Crippen LogP contribution is -2.09. The van der Waals surface area contributed by atoms with E-state index < -0.39 is 0 Å². The summed E-state index contributed by atoms with van der Waals surface area (Å²) in [5.41, 5.74) is 9.69. The van der Waals surface area contributed by atoms with Gasteiger partial charge in [0.2, 0.25) is 5.89 Å². The molecule has 48 heavy (non-hydrogen) atoms. The van der Waals surface area contributed by atoms with E-state index in [9.17, 15) is 0 Å². The Kier molecular flexibility index (Phi) is 6.01. The zero-order valence-corrected chi connectivity index (χ0v) is 26.4. The van der Waals surface area contributed by atoms with E-state index in [1.807, 2.05) is 53.8 Å². The molecule has 0 unspecified atom stereocenters. The van der Waals surface area contributed by atoms with Crippen LogP contribution in [0.25, 0.3) is 75.8 Å². The SMILES string of the molecule is c1ccc(-c2nc3c(ccc4oc5ccc(N(c6ccccc6)c6ccc(-c7cccc8c7sc7ccccc78)cc6)cc5c43)o2)cc1. The first-order valence-corrected chi connectivity index (χ1v) is 16.8. The molecule has 0 atom stereocenters. The number of hydrogen-bond acceptors (Lipinski definition) is 5. The molecule has 0 saturated heterocycles. The average molecular weight is 635 g/mol. The van der Waals surface area contributed by atoms with E-state index in [1.165, 1.54) is 31.3 Å². The van der Waals surface area contributed by atoms with Gasteiger partial charge in [0.15, 0.2) is 5.58 Å². The molecule has 10 aromatic rings. The molecule has 4 nitrogen and oxygen atoms in total. The summed E-state index contributed by atoms with van der Waals surface area (Å²) < 4.78 is 15.2. The summed E-state index contributed by atoms with van der Waals surface area (Å²) in [6.45, 7) is 0. The van der Waals surface area contributed by atoms with Gasteiger partial charge < -0.3 is 13.7 Å². The summed E-state index contributed by atoms with van der Waals surface area (Å²) in [6.07, 6.45) is 0. The van der Waals surface area contributed by atoms with Crippen molar-refractivity contribution in [3.63, 3.8) is 0 Å². The molecule has 0 aliphatic heterocycles. The van der Waals surface area contributed by atoms with E-state index in [0.29, 0.717) is 5.89 Å². The first kappa shape index (κ1) is 27.0. The predicted molar refractivity (Wildman–Crippen MR) is 200 cm³/mol. The minimum absolute atomic E-state index is 0.598. The topological polar surface area (TPSA) is 42.4 Å². The Bertz CT molecular complexity index is 2780. The smallest absolute Gasteiger partial charge is 0.227 e. The van der Waals surface area contributed by atoms with Crippen molar-refractivity contribution in [2.24, 2.45) is 0 Å². The molecule has 10 rings (SSSR count). The normalized spacial score (nSPS) is 11.8. The first-order valence-electron chi connectivity index (χ1n) is 16.0. The number of nitrogens with zero attached hydrogens (tertiary/aromatic N) is 2. The Morgan fingerprint density at radius 3 is 2.02 bits per heavy atom. The van der Waals surface area contributed by atoms with Crippen LogP contribution in [0.1, 0.15) is 0 Å². The summed E-state index contributed by atoms with van der Waals surface area (Å²) in [4.78, 5) is 7.25. The van der Waals surface area contributed by atoms with Crippen molar-refractivity contribution in [2.75, 3.05) is 4.90 Å². The van der Waals surface area contributed by atoms with Crippen LogP contribution in [-0.4, -0.2) is 4.98 Å². The number of anilines is 3. The number of furan rings is 1. The summed E-state index contributed by atoms with van der Waals surface area (Å²) in [5.74, 6) is 0.598. The molecular weight excluding hydrogens is 609 g/mol. The highest BCUT2D eigenvalue weighted by Gasteiger charge is 2.20. The van der Waals surface area contributed by atoms with E-state index in [0.717, 1.165) is 55.7 Å². The molecule has 0 N–H and O–H groups in total. The Labute approximate surface area is 279 Å². The molecule has 0 aliphatic carbocycles. The van der Waals surface area contributed by atoms with E-state index in [-0.39, 0.29) is 0 Å². The summed E-state index contributed by atoms with van der Waals surface area (Å²) >= 11 is 1.86. The van der Waals surface area contributed by atoms with Gasteiger partial charge in [-0.2, -0.15) is 0 Å². The van der Waals surface area contributed by atoms with Crippen LogP contribution in [0, 0.1) is 0 Å². The molecule has 7 aromatic carbocycles. The van der Waals surface area contributed by atoms with Crippen molar-refractivity contribution >= 4 is 81.6 Å². The van der Waals surface area contributed by atoms with Gasteiger partial charge >= 0.3 is 0 Å². The standard InChI is InChI=1S/C43H26N2O2S/c1-3-10-28(11-4-1)43-44-41-38(47-43)25-24-37-40(41)35-26-31(22-23-36(35)46-37)45(29-12-5-2-6-13-29)30-20-18-27(19-21-30)32-15-9-16-34-33-14-7-8-17-39(33)48-42(32)34/h1-26H. The molecule has 226 valence electrons. The van der Waals surface area contributed by atoms with Gasteiger partial charge in [0.1, 0.15) is 16.7 Å². The van der Waals surface area contributed by atoms with Crippen molar-refractivity contribution in [1.82, 2.24) is 4.98 Å². The molecule has 0 aliphatic rings. The van der Waals surface area contributed by atoms with E-state index in [1.54, 1.807) is 0 Å². The molecule has 0 bridgehead atoms. The number of oxazole rings is 1. The van der Waals surface area contributed by atoms with Crippen molar-refractivity contribution in [3.8, 4) is 22.6 Å². The van der Waals surface area contributed by atoms with Crippen LogP contribution < -0.4 is 4.90 Å². The van der Waals surface area contributed by atoms with Gasteiger partial charge in [-0.1, -0.05) is 84.9 Å². The number of thiophene rings is 1. The fourth-order valence-electron chi connectivity index (χ4n) is 6.87. The van der Waals surface area contributed by atoms with Gasteiger partial charge in [0, 0.05) is 48.2 Å². The zero-order valence-electron chi connectivity index (χ0n) is 25.6. The van der Waals surface area contributed by atoms with Gasteiger partial charge in [-0.3, -0.25) is 0 Å². The lowest BCUT2D eigenvalue weighted by atomic mass is 10.0. The lowest BCUT2D eigenvalue weighted by Gasteiger charge is -2.25. The Morgan fingerprint density at radius 1 is 0.479 bits per heavy atom. The zero-order chi connectivity index (χ0) is 31.6. The Hall–Kier alpha value is -6.17. The fourth-order valence-corrected chi connectivity index (χ4v) is 8.11. The third-order valence-corrected chi connectivity index (χ3v) is 10.3. The van der Waals surface area contributed by atoms with Crippen LogP contribution in [0.4, 0.5) is 17.1 Å². The van der Waals surface area contributed by atoms with Crippen molar-refractivity contribution in [3.05, 3.63) is 158 Å². The summed E-state index contributed by atoms with van der Waals surface area (Å²) in [5, 5.41) is 4.57. The number of para-hydroxylation sites is 1. The van der Waals surface area contributed by atoms with Crippen molar-refractivity contribution in [2.45, 2.75) is 0 Å². The summed E-state index contributed by atoms with van der Waals surface area (Å²) in [7, 11) is 0. The van der Waals surface area contributed by atoms with Gasteiger partial charge in [-0.05, 0) is 83.9 Å². The third kappa shape index (κ3) is 4.25. The number of benzene rings is 7. The van der Waals surface area contributed by atoms with Crippen LogP contribution >= 0.6 is 11.3 Å². The molecule has 0 amide bonds. The number of rotatable bonds is 5. The van der Waals surface area contributed by atoms with E-state index in [4.69, 9.17) is 13.8 Å². The molecule has 0 saturated carbocycles. The Balaban J connectivity index is 1.11. The molecule has 0 spiro atoms. The predicted octanol–water partition coefficient (Wildman–Crippen LogP) is 12.9. The molecule has 0 fully saturated rings. The maximum absolute atomic E-state index is 6.34. The van der Waals surface area contributed by atoms with Gasteiger partial charge in [0.05, 0.1) is 5.39 Å². The van der Waals surface area contributed by atoms with Crippen LogP contribution in [0.2, 0.25) is 0 Å². The maximum Gasteiger partial charge on any atom is 0.227 e. The number of hydrogen-bond donors (Lipinski definition) is 0. The highest BCUT2D eigenvalue weighted by atomic mass is 32.1. The number of fused-ring (bicyclic) bond motifs is 8.